The smallest absolute Gasteiger partial charge is 0.326 e. The van der Waals surface area contributed by atoms with Crippen LogP contribution in [0.3, 0.4) is 0 Å². The van der Waals surface area contributed by atoms with Gasteiger partial charge in [0, 0.05) is 29.9 Å². The minimum absolute atomic E-state index is 0.0205. The number of rotatable bonds is 11. The van der Waals surface area contributed by atoms with Crippen LogP contribution in [0.25, 0.3) is 10.9 Å². The van der Waals surface area contributed by atoms with Gasteiger partial charge in [0.15, 0.2) is 0 Å². The molecule has 1 unspecified atom stereocenters. The molecule has 1 aromatic heterocycles. The van der Waals surface area contributed by atoms with Crippen molar-refractivity contribution in [1.82, 2.24) is 15.6 Å². The van der Waals surface area contributed by atoms with E-state index in [-0.39, 0.29) is 12.8 Å². The Balaban J connectivity index is 1.79. The van der Waals surface area contributed by atoms with Gasteiger partial charge in [-0.3, -0.25) is 14.4 Å². The maximum Gasteiger partial charge on any atom is 0.326 e. The largest absolute Gasteiger partial charge is 0.481 e. The van der Waals surface area contributed by atoms with Crippen LogP contribution >= 0.6 is 0 Å². The summed E-state index contributed by atoms with van der Waals surface area (Å²) in [7, 11) is 0. The van der Waals surface area contributed by atoms with E-state index in [0.717, 1.165) is 16.5 Å². The number of aromatic nitrogens is 1. The summed E-state index contributed by atoms with van der Waals surface area (Å²) in [6.07, 6.45) is 1.78. The second-order valence-electron chi connectivity index (χ2n) is 8.37. The minimum atomic E-state index is -1.39. The molecule has 10 nitrogen and oxygen atoms in total. The van der Waals surface area contributed by atoms with Crippen LogP contribution in [0.15, 0.2) is 60.8 Å². The highest BCUT2D eigenvalue weighted by Gasteiger charge is 2.32. The molecule has 3 rings (SSSR count). The topological polar surface area (TPSA) is 175 Å². The summed E-state index contributed by atoms with van der Waals surface area (Å²) in [5.41, 5.74) is 8.05. The van der Waals surface area contributed by atoms with Gasteiger partial charge in [-0.2, -0.15) is 0 Å². The van der Waals surface area contributed by atoms with Crippen molar-refractivity contribution >= 4 is 34.7 Å². The number of para-hydroxylation sites is 1. The van der Waals surface area contributed by atoms with Gasteiger partial charge in [0.1, 0.15) is 12.1 Å². The first-order valence-electron chi connectivity index (χ1n) is 11.1. The molecular weight excluding hydrogens is 452 g/mol. The third-order valence-corrected chi connectivity index (χ3v) is 5.86. The van der Waals surface area contributed by atoms with Crippen LogP contribution in [0, 0.1) is 5.92 Å². The molecular formula is C25H28N4O6. The first kappa shape index (κ1) is 25.4. The molecule has 0 saturated heterocycles. The van der Waals surface area contributed by atoms with Crippen LogP contribution in [0.2, 0.25) is 0 Å². The Kier molecular flexibility index (Phi) is 8.21. The predicted molar refractivity (Wildman–Crippen MR) is 128 cm³/mol. The Morgan fingerprint density at radius 2 is 1.49 bits per heavy atom. The molecule has 10 heteroatoms. The maximum atomic E-state index is 13.2. The van der Waals surface area contributed by atoms with Gasteiger partial charge in [-0.25, -0.2) is 4.79 Å². The molecule has 0 aliphatic rings. The second-order valence-corrected chi connectivity index (χ2v) is 8.37. The minimum Gasteiger partial charge on any atom is -0.481 e. The molecule has 3 aromatic rings. The van der Waals surface area contributed by atoms with E-state index >= 15 is 0 Å². The van der Waals surface area contributed by atoms with Gasteiger partial charge in [0.2, 0.25) is 11.8 Å². The van der Waals surface area contributed by atoms with Crippen molar-refractivity contribution in [3.63, 3.8) is 0 Å². The molecule has 0 fully saturated rings. The zero-order chi connectivity index (χ0) is 25.5. The molecule has 0 bridgehead atoms. The molecule has 0 aliphatic carbocycles. The molecule has 35 heavy (non-hydrogen) atoms. The number of benzene rings is 2. The van der Waals surface area contributed by atoms with Crippen molar-refractivity contribution < 1.29 is 29.4 Å². The average Bonchev–Trinajstić information content (AvgIpc) is 3.25. The predicted octanol–water partition coefficient (Wildman–Crippen LogP) is 1.06. The Bertz CT molecular complexity index is 1210. The van der Waals surface area contributed by atoms with Crippen LogP contribution < -0.4 is 16.4 Å². The number of aliphatic carboxylic acids is 2. The molecule has 0 radical (unpaired) electrons. The molecule has 0 spiro atoms. The highest BCUT2D eigenvalue weighted by atomic mass is 16.4. The van der Waals surface area contributed by atoms with Gasteiger partial charge < -0.3 is 31.6 Å². The van der Waals surface area contributed by atoms with E-state index in [1.165, 1.54) is 6.92 Å². The van der Waals surface area contributed by atoms with Crippen molar-refractivity contribution in [1.29, 1.82) is 0 Å². The number of nitrogens with one attached hydrogen (secondary N) is 3. The summed E-state index contributed by atoms with van der Waals surface area (Å²) >= 11 is 0. The van der Waals surface area contributed by atoms with Crippen molar-refractivity contribution in [2.24, 2.45) is 11.7 Å². The van der Waals surface area contributed by atoms with Gasteiger partial charge in [0.05, 0.1) is 12.0 Å². The molecule has 2 amide bonds. The maximum absolute atomic E-state index is 13.2. The number of aromatic amines is 1. The third kappa shape index (κ3) is 6.45. The standard InChI is InChI=1S/C25H28N4O6/c1-14(24(32)33)21(26)23(31)28-19(11-15-7-3-2-4-8-15)22(30)29-20(25(34)35)12-16-13-27-18-10-6-5-9-17(16)18/h2-10,13-14,19-21,27H,11-12,26H2,1H3,(H,28,31)(H,29,30)(H,32,33)(H,34,35)/t14?,19-,20-,21-/m0/s1. The first-order valence-corrected chi connectivity index (χ1v) is 11.1. The third-order valence-electron chi connectivity index (χ3n) is 5.86. The summed E-state index contributed by atoms with van der Waals surface area (Å²) in [6.45, 7) is 1.29. The number of fused-ring (bicyclic) bond motifs is 1. The highest BCUT2D eigenvalue weighted by Crippen LogP contribution is 2.19. The van der Waals surface area contributed by atoms with E-state index < -0.39 is 47.8 Å². The zero-order valence-corrected chi connectivity index (χ0v) is 19.1. The highest BCUT2D eigenvalue weighted by molar-refractivity contribution is 5.94. The lowest BCUT2D eigenvalue weighted by Crippen LogP contribution is -2.57. The lowest BCUT2D eigenvalue weighted by atomic mass is 10.00. The van der Waals surface area contributed by atoms with Crippen LogP contribution in [-0.2, 0) is 32.0 Å². The number of nitrogens with two attached hydrogens (primary N) is 1. The molecule has 4 atom stereocenters. The molecule has 184 valence electrons. The number of hydrogen-bond acceptors (Lipinski definition) is 5. The fraction of sp³-hybridized carbons (Fsp3) is 0.280. The number of carbonyl (C=O) groups excluding carboxylic acids is 2. The first-order chi connectivity index (χ1) is 16.7. The van der Waals surface area contributed by atoms with Gasteiger partial charge in [0.25, 0.3) is 0 Å². The lowest BCUT2D eigenvalue weighted by Gasteiger charge is -2.24. The van der Waals surface area contributed by atoms with Crippen LogP contribution in [0.4, 0.5) is 0 Å². The lowest BCUT2D eigenvalue weighted by molar-refractivity contribution is -0.145. The summed E-state index contributed by atoms with van der Waals surface area (Å²) in [6, 6.07) is 12.4. The quantitative estimate of drug-likeness (QED) is 0.238. The number of hydrogen-bond donors (Lipinski definition) is 6. The van der Waals surface area contributed by atoms with Crippen LogP contribution in [0.5, 0.6) is 0 Å². The van der Waals surface area contributed by atoms with E-state index in [2.05, 4.69) is 15.6 Å². The van der Waals surface area contributed by atoms with Crippen molar-refractivity contribution in [3.05, 3.63) is 71.9 Å². The monoisotopic (exact) mass is 480 g/mol. The van der Waals surface area contributed by atoms with E-state index in [1.807, 2.05) is 24.3 Å². The Labute approximate surface area is 201 Å². The average molecular weight is 481 g/mol. The van der Waals surface area contributed by atoms with E-state index in [0.29, 0.717) is 5.56 Å². The van der Waals surface area contributed by atoms with Gasteiger partial charge in [-0.1, -0.05) is 48.5 Å². The Morgan fingerprint density at radius 3 is 2.14 bits per heavy atom. The summed E-state index contributed by atoms with van der Waals surface area (Å²) < 4.78 is 0. The zero-order valence-electron chi connectivity index (χ0n) is 19.1. The van der Waals surface area contributed by atoms with Crippen molar-refractivity contribution in [2.75, 3.05) is 0 Å². The molecule has 1 heterocycles. The fourth-order valence-electron chi connectivity index (χ4n) is 3.70. The Morgan fingerprint density at radius 1 is 0.857 bits per heavy atom. The Hall–Kier alpha value is -4.18. The number of carbonyl (C=O) groups is 4. The summed E-state index contributed by atoms with van der Waals surface area (Å²) in [4.78, 5) is 52.0. The van der Waals surface area contributed by atoms with Crippen LogP contribution in [-0.4, -0.2) is 57.1 Å². The number of carboxylic acid groups (broad SMARTS) is 2. The summed E-state index contributed by atoms with van der Waals surface area (Å²) in [5, 5.41) is 24.8. The number of amides is 2. The van der Waals surface area contributed by atoms with Crippen molar-refractivity contribution in [3.8, 4) is 0 Å². The molecule has 0 saturated carbocycles. The van der Waals surface area contributed by atoms with E-state index in [1.54, 1.807) is 36.5 Å². The molecule has 7 N–H and O–H groups in total. The van der Waals surface area contributed by atoms with Gasteiger partial charge in [-0.05, 0) is 24.1 Å². The summed E-state index contributed by atoms with van der Waals surface area (Å²) in [5.74, 6) is -5.20. The number of carboxylic acids is 2. The van der Waals surface area contributed by atoms with Crippen molar-refractivity contribution in [2.45, 2.75) is 37.9 Å². The van der Waals surface area contributed by atoms with E-state index in [9.17, 15) is 24.3 Å². The van der Waals surface area contributed by atoms with Gasteiger partial charge >= 0.3 is 11.9 Å². The van der Waals surface area contributed by atoms with Crippen LogP contribution in [0.1, 0.15) is 18.1 Å². The second kappa shape index (κ2) is 11.3. The SMILES string of the molecule is CC(C(=O)O)[C@H](N)C(=O)N[C@@H](Cc1ccccc1)C(=O)N[C@@H](Cc1c[nH]c2ccccc12)C(=O)O. The fourth-order valence-corrected chi connectivity index (χ4v) is 3.70. The number of H-pyrrole nitrogens is 1. The molecule has 2 aromatic carbocycles. The van der Waals surface area contributed by atoms with Gasteiger partial charge in [-0.15, -0.1) is 0 Å². The molecule has 0 aliphatic heterocycles. The normalized spacial score (nSPS) is 14.5. The van der Waals surface area contributed by atoms with E-state index in [4.69, 9.17) is 10.8 Å².